The van der Waals surface area contributed by atoms with Gasteiger partial charge in [0.25, 0.3) is 0 Å². The van der Waals surface area contributed by atoms with E-state index in [1.54, 1.807) is 34.6 Å². The second kappa shape index (κ2) is 5.49. The van der Waals surface area contributed by atoms with Crippen LogP contribution in [0.1, 0.15) is 0 Å². The Kier molecular flexibility index (Phi) is 3.55. The number of hydrogen-bond donors (Lipinski definition) is 1. The van der Waals surface area contributed by atoms with Crippen LogP contribution >= 0.6 is 11.3 Å². The number of nitrogens with zero attached hydrogens (tertiary/aromatic N) is 5. The molecule has 1 aliphatic rings. The fraction of sp³-hybridized carbons (Fsp3) is 0.417. The third kappa shape index (κ3) is 2.74. The molecule has 0 aromatic carbocycles. The van der Waals surface area contributed by atoms with Gasteiger partial charge in [-0.05, 0) is 0 Å². The van der Waals surface area contributed by atoms with Gasteiger partial charge in [-0.1, -0.05) is 0 Å². The molecule has 2 aromatic rings. The van der Waals surface area contributed by atoms with Gasteiger partial charge in [0, 0.05) is 44.0 Å². The van der Waals surface area contributed by atoms with Crippen molar-refractivity contribution in [3.05, 3.63) is 24.0 Å². The average molecular weight is 292 g/mol. The number of piperazine rings is 1. The Bertz CT molecular complexity index is 573. The van der Waals surface area contributed by atoms with Gasteiger partial charge >= 0.3 is 0 Å². The molecule has 2 N–H and O–H groups in total. The van der Waals surface area contributed by atoms with Crippen molar-refractivity contribution in [1.29, 1.82) is 0 Å². The van der Waals surface area contributed by atoms with E-state index in [2.05, 4.69) is 15.0 Å². The quantitative estimate of drug-likeness (QED) is 0.878. The average Bonchev–Trinajstić information content (AvgIpc) is 3.11. The topological polar surface area (TPSA) is 80.3 Å². The first-order valence-electron chi connectivity index (χ1n) is 6.42. The van der Waals surface area contributed by atoms with Crippen molar-refractivity contribution in [2.45, 2.75) is 6.54 Å². The molecule has 1 fully saturated rings. The lowest BCUT2D eigenvalue weighted by Crippen LogP contribution is -2.49. The van der Waals surface area contributed by atoms with Gasteiger partial charge in [-0.15, -0.1) is 11.3 Å². The van der Waals surface area contributed by atoms with E-state index < -0.39 is 0 Å². The van der Waals surface area contributed by atoms with Gasteiger partial charge in [0.15, 0.2) is 5.13 Å². The number of hydrogen-bond acceptors (Lipinski definition) is 6. The van der Waals surface area contributed by atoms with Crippen LogP contribution in [0.5, 0.6) is 0 Å². The van der Waals surface area contributed by atoms with Gasteiger partial charge in [0.1, 0.15) is 6.54 Å². The van der Waals surface area contributed by atoms with Crippen molar-refractivity contribution < 1.29 is 4.79 Å². The Morgan fingerprint density at radius 1 is 1.35 bits per heavy atom. The fourth-order valence-corrected chi connectivity index (χ4v) is 2.92. The molecular weight excluding hydrogens is 276 g/mol. The third-order valence-corrected chi connectivity index (χ3v) is 4.10. The summed E-state index contributed by atoms with van der Waals surface area (Å²) in [5.74, 6) is 0.0758. The van der Waals surface area contributed by atoms with E-state index in [0.29, 0.717) is 5.69 Å². The van der Waals surface area contributed by atoms with E-state index in [1.165, 1.54) is 0 Å². The Hall–Kier alpha value is -2.09. The van der Waals surface area contributed by atoms with Crippen LogP contribution in [0.3, 0.4) is 0 Å². The summed E-state index contributed by atoms with van der Waals surface area (Å²) < 4.78 is 1.57. The predicted molar refractivity (Wildman–Crippen MR) is 77.5 cm³/mol. The van der Waals surface area contributed by atoms with Crippen LogP contribution in [-0.2, 0) is 11.3 Å². The lowest BCUT2D eigenvalue weighted by molar-refractivity contribution is -0.132. The molecule has 1 saturated heterocycles. The molecule has 7 nitrogen and oxygen atoms in total. The summed E-state index contributed by atoms with van der Waals surface area (Å²) in [4.78, 5) is 20.5. The molecule has 106 valence electrons. The van der Waals surface area contributed by atoms with Gasteiger partial charge in [-0.25, -0.2) is 4.98 Å². The first-order valence-corrected chi connectivity index (χ1v) is 7.30. The second-order valence-corrected chi connectivity index (χ2v) is 5.53. The summed E-state index contributed by atoms with van der Waals surface area (Å²) in [6.07, 6.45) is 5.02. The van der Waals surface area contributed by atoms with E-state index in [1.807, 2.05) is 10.3 Å². The smallest absolute Gasteiger partial charge is 0.244 e. The van der Waals surface area contributed by atoms with Crippen LogP contribution in [0, 0.1) is 0 Å². The maximum atomic E-state index is 12.2. The molecule has 3 rings (SSSR count). The normalized spacial score (nSPS) is 15.6. The molecule has 0 unspecified atom stereocenters. The zero-order chi connectivity index (χ0) is 13.9. The molecule has 1 amide bonds. The summed E-state index contributed by atoms with van der Waals surface area (Å²) in [6, 6.07) is 0. The first kappa shape index (κ1) is 12.9. The minimum atomic E-state index is 0.0758. The van der Waals surface area contributed by atoms with Crippen molar-refractivity contribution in [2.75, 3.05) is 36.8 Å². The standard InChI is InChI=1S/C12H16N6OS/c13-10-7-15-18(8-10)9-11(19)16-2-4-17(5-3-16)12-14-1-6-20-12/h1,6-8H,2-5,9,13H2. The fourth-order valence-electron chi connectivity index (χ4n) is 2.22. The highest BCUT2D eigenvalue weighted by molar-refractivity contribution is 7.13. The molecule has 0 saturated carbocycles. The van der Waals surface area contributed by atoms with E-state index in [0.717, 1.165) is 31.3 Å². The number of carbonyl (C=O) groups is 1. The van der Waals surface area contributed by atoms with Gasteiger partial charge in [-0.2, -0.15) is 5.10 Å². The molecule has 0 atom stereocenters. The summed E-state index contributed by atoms with van der Waals surface area (Å²) >= 11 is 1.63. The highest BCUT2D eigenvalue weighted by Crippen LogP contribution is 2.18. The minimum Gasteiger partial charge on any atom is -0.396 e. The number of nitrogens with two attached hydrogens (primary N) is 1. The van der Waals surface area contributed by atoms with E-state index in [4.69, 9.17) is 5.73 Å². The van der Waals surface area contributed by atoms with E-state index >= 15 is 0 Å². The van der Waals surface area contributed by atoms with E-state index in [-0.39, 0.29) is 12.5 Å². The van der Waals surface area contributed by atoms with Crippen molar-refractivity contribution in [1.82, 2.24) is 19.7 Å². The van der Waals surface area contributed by atoms with Gasteiger partial charge < -0.3 is 15.5 Å². The molecule has 3 heterocycles. The summed E-state index contributed by atoms with van der Waals surface area (Å²) in [5, 5.41) is 7.02. The zero-order valence-corrected chi connectivity index (χ0v) is 11.8. The third-order valence-electron chi connectivity index (χ3n) is 3.27. The van der Waals surface area contributed by atoms with Crippen molar-refractivity contribution in [3.8, 4) is 0 Å². The van der Waals surface area contributed by atoms with Crippen LogP contribution in [0.15, 0.2) is 24.0 Å². The molecule has 2 aromatic heterocycles. The lowest BCUT2D eigenvalue weighted by Gasteiger charge is -2.34. The number of amides is 1. The summed E-state index contributed by atoms with van der Waals surface area (Å²) in [5.41, 5.74) is 6.16. The number of thiazole rings is 1. The minimum absolute atomic E-state index is 0.0758. The van der Waals surface area contributed by atoms with Crippen LogP contribution in [0.25, 0.3) is 0 Å². The second-order valence-electron chi connectivity index (χ2n) is 4.65. The number of anilines is 2. The van der Waals surface area contributed by atoms with Gasteiger partial charge in [-0.3, -0.25) is 9.48 Å². The van der Waals surface area contributed by atoms with Crippen molar-refractivity contribution in [3.63, 3.8) is 0 Å². The first-order chi connectivity index (χ1) is 9.72. The maximum Gasteiger partial charge on any atom is 0.244 e. The Labute approximate surface area is 120 Å². The van der Waals surface area contributed by atoms with Crippen LogP contribution in [0.4, 0.5) is 10.8 Å². The molecule has 8 heteroatoms. The molecule has 0 radical (unpaired) electrons. The van der Waals surface area contributed by atoms with Crippen LogP contribution in [0.2, 0.25) is 0 Å². The van der Waals surface area contributed by atoms with Gasteiger partial charge in [0.05, 0.1) is 11.9 Å². The van der Waals surface area contributed by atoms with Crippen molar-refractivity contribution in [2.24, 2.45) is 0 Å². The highest BCUT2D eigenvalue weighted by Gasteiger charge is 2.22. The number of rotatable bonds is 3. The Morgan fingerprint density at radius 2 is 2.15 bits per heavy atom. The summed E-state index contributed by atoms with van der Waals surface area (Å²) in [7, 11) is 0. The Balaban J connectivity index is 1.54. The van der Waals surface area contributed by atoms with Crippen molar-refractivity contribution >= 4 is 28.1 Å². The molecule has 0 aliphatic carbocycles. The number of carbonyl (C=O) groups excluding carboxylic acids is 1. The Morgan fingerprint density at radius 3 is 2.75 bits per heavy atom. The highest BCUT2D eigenvalue weighted by atomic mass is 32.1. The molecule has 20 heavy (non-hydrogen) atoms. The number of nitrogen functional groups attached to an aromatic ring is 1. The molecule has 0 bridgehead atoms. The van der Waals surface area contributed by atoms with Crippen LogP contribution in [-0.4, -0.2) is 51.8 Å². The zero-order valence-electron chi connectivity index (χ0n) is 11.0. The van der Waals surface area contributed by atoms with E-state index in [9.17, 15) is 4.79 Å². The molecule has 0 spiro atoms. The molecule has 1 aliphatic heterocycles. The predicted octanol–water partition coefficient (Wildman–Crippen LogP) is 0.271. The molecular formula is C12H16N6OS. The number of aromatic nitrogens is 3. The lowest BCUT2D eigenvalue weighted by atomic mass is 10.3. The van der Waals surface area contributed by atoms with Crippen LogP contribution < -0.4 is 10.6 Å². The monoisotopic (exact) mass is 292 g/mol. The largest absolute Gasteiger partial charge is 0.396 e. The maximum absolute atomic E-state index is 12.2. The SMILES string of the molecule is Nc1cnn(CC(=O)N2CCN(c3nccs3)CC2)c1. The summed E-state index contributed by atoms with van der Waals surface area (Å²) in [6.45, 7) is 3.32. The van der Waals surface area contributed by atoms with Gasteiger partial charge in [0.2, 0.25) is 5.91 Å².